The zero-order chi connectivity index (χ0) is 27.4. The Kier molecular flexibility index (Phi) is 8.69. The summed E-state index contributed by atoms with van der Waals surface area (Å²) in [5.74, 6) is 0.574. The molecule has 1 saturated heterocycles. The fourth-order valence-corrected chi connectivity index (χ4v) is 5.82. The number of benzene rings is 3. The van der Waals surface area contributed by atoms with Crippen molar-refractivity contribution >= 4 is 28.4 Å². The number of fused-ring (bicyclic) bond motifs is 1. The van der Waals surface area contributed by atoms with E-state index < -0.39 is 0 Å². The van der Waals surface area contributed by atoms with Crippen molar-refractivity contribution in [1.29, 1.82) is 0 Å². The lowest BCUT2D eigenvalue weighted by Crippen LogP contribution is -2.49. The Labute approximate surface area is 236 Å². The van der Waals surface area contributed by atoms with Gasteiger partial charge in [-0.15, -0.1) is 11.6 Å². The van der Waals surface area contributed by atoms with Crippen LogP contribution in [-0.2, 0) is 19.4 Å². The predicted molar refractivity (Wildman–Crippen MR) is 158 cm³/mol. The van der Waals surface area contributed by atoms with Crippen LogP contribution in [0.25, 0.3) is 10.9 Å². The van der Waals surface area contributed by atoms with E-state index in [4.69, 9.17) is 11.6 Å². The van der Waals surface area contributed by atoms with Gasteiger partial charge >= 0.3 is 0 Å². The average Bonchev–Trinajstić information content (AvgIpc) is 3.19. The molecule has 2 heterocycles. The second kappa shape index (κ2) is 12.4. The molecule has 39 heavy (non-hydrogen) atoms. The largest absolute Gasteiger partial charge is 0.345 e. The first-order chi connectivity index (χ1) is 18.9. The molecule has 0 bridgehead atoms. The Hall–Kier alpha value is -3.15. The monoisotopic (exact) mass is 545 g/mol. The number of amides is 1. The molecular weight excluding hydrogens is 509 g/mol. The van der Waals surface area contributed by atoms with Crippen molar-refractivity contribution in [3.05, 3.63) is 106 Å². The molecule has 0 saturated carbocycles. The predicted octanol–water partition coefficient (Wildman–Crippen LogP) is 6.62. The first kappa shape index (κ1) is 27.4. The number of nitrogens with zero attached hydrogens (tertiary/aromatic N) is 3. The molecule has 0 unspecified atom stereocenters. The van der Waals surface area contributed by atoms with Crippen LogP contribution in [0, 0.1) is 19.7 Å². The fraction of sp³-hybridized carbons (Fsp3) is 0.364. The Balaban J connectivity index is 1.20. The fourth-order valence-electron chi connectivity index (χ4n) is 5.70. The van der Waals surface area contributed by atoms with E-state index in [2.05, 4.69) is 47.6 Å². The van der Waals surface area contributed by atoms with Crippen molar-refractivity contribution in [3.63, 3.8) is 0 Å². The van der Waals surface area contributed by atoms with Crippen LogP contribution in [0.4, 0.5) is 4.39 Å². The molecule has 0 N–H and O–H groups in total. The maximum Gasteiger partial charge on any atom is 0.253 e. The van der Waals surface area contributed by atoms with Gasteiger partial charge in [-0.05, 0) is 91.8 Å². The van der Waals surface area contributed by atoms with Crippen molar-refractivity contribution in [2.45, 2.75) is 39.7 Å². The van der Waals surface area contributed by atoms with Gasteiger partial charge in [0, 0.05) is 67.3 Å². The number of alkyl halides is 1. The number of halogens is 2. The van der Waals surface area contributed by atoms with E-state index in [-0.39, 0.29) is 11.7 Å². The van der Waals surface area contributed by atoms with E-state index in [1.54, 1.807) is 12.1 Å². The van der Waals surface area contributed by atoms with Gasteiger partial charge in [0.25, 0.3) is 5.91 Å². The number of carbonyl (C=O) groups is 1. The van der Waals surface area contributed by atoms with Gasteiger partial charge in [-0.2, -0.15) is 0 Å². The van der Waals surface area contributed by atoms with Gasteiger partial charge in [0.2, 0.25) is 0 Å². The summed E-state index contributed by atoms with van der Waals surface area (Å²) < 4.78 is 15.8. The molecule has 1 aromatic heterocycles. The molecule has 4 aromatic rings. The lowest BCUT2D eigenvalue weighted by atomic mass is 10.0. The molecule has 1 fully saturated rings. The van der Waals surface area contributed by atoms with Crippen molar-refractivity contribution < 1.29 is 9.18 Å². The molecule has 1 aliphatic heterocycles. The van der Waals surface area contributed by atoms with Crippen LogP contribution in [0.3, 0.4) is 0 Å². The third kappa shape index (κ3) is 6.37. The summed E-state index contributed by atoms with van der Waals surface area (Å²) >= 11 is 5.95. The van der Waals surface area contributed by atoms with Gasteiger partial charge in [-0.3, -0.25) is 9.69 Å². The second-order valence-corrected chi connectivity index (χ2v) is 11.0. The van der Waals surface area contributed by atoms with Gasteiger partial charge in [0.05, 0.1) is 0 Å². The van der Waals surface area contributed by atoms with Gasteiger partial charge in [0.1, 0.15) is 5.82 Å². The quantitative estimate of drug-likeness (QED) is 0.221. The van der Waals surface area contributed by atoms with Crippen LogP contribution in [0.5, 0.6) is 0 Å². The van der Waals surface area contributed by atoms with Crippen LogP contribution in [0.1, 0.15) is 44.7 Å². The van der Waals surface area contributed by atoms with Gasteiger partial charge in [-0.1, -0.05) is 30.3 Å². The van der Waals surface area contributed by atoms with Crippen LogP contribution < -0.4 is 0 Å². The highest BCUT2D eigenvalue weighted by Gasteiger charge is 2.22. The molecule has 1 aliphatic rings. The second-order valence-electron chi connectivity index (χ2n) is 10.6. The highest BCUT2D eigenvalue weighted by atomic mass is 35.5. The molecule has 0 aliphatic carbocycles. The standard InChI is InChI=1S/C33H37ClFN3O/c1-24-25(2)38(14-5-13-34)32-11-10-28(23-31(24)32)20-27-7-3-8-29(21-27)33(39)37-18-16-36(17-19-37)15-12-26-6-4-9-30(35)22-26/h3-4,6-11,21-23H,5,12-20H2,1-2H3. The minimum atomic E-state index is -0.187. The molecule has 1 amide bonds. The van der Waals surface area contributed by atoms with Crippen LogP contribution in [-0.4, -0.2) is 58.9 Å². The van der Waals surface area contributed by atoms with E-state index in [0.717, 1.165) is 62.1 Å². The number of hydrogen-bond acceptors (Lipinski definition) is 2. The summed E-state index contributed by atoms with van der Waals surface area (Å²) in [7, 11) is 0. The molecule has 0 atom stereocenters. The maximum absolute atomic E-state index is 13.5. The van der Waals surface area contributed by atoms with Crippen LogP contribution in [0.2, 0.25) is 0 Å². The molecule has 0 radical (unpaired) electrons. The molecule has 0 spiro atoms. The first-order valence-electron chi connectivity index (χ1n) is 13.9. The number of carbonyl (C=O) groups excluding carboxylic acids is 1. The molecule has 3 aromatic carbocycles. The number of aromatic nitrogens is 1. The number of aryl methyl sites for hydroxylation is 2. The van der Waals surface area contributed by atoms with Gasteiger partial charge < -0.3 is 9.47 Å². The summed E-state index contributed by atoms with van der Waals surface area (Å²) in [5.41, 5.74) is 8.04. The molecular formula is C33H37ClFN3O. The van der Waals surface area contributed by atoms with E-state index in [0.29, 0.717) is 19.0 Å². The van der Waals surface area contributed by atoms with Gasteiger partial charge in [-0.25, -0.2) is 4.39 Å². The summed E-state index contributed by atoms with van der Waals surface area (Å²) in [6.45, 7) is 9.28. The molecule has 4 nitrogen and oxygen atoms in total. The molecule has 204 valence electrons. The normalized spacial score (nSPS) is 14.3. The lowest BCUT2D eigenvalue weighted by Gasteiger charge is -2.34. The van der Waals surface area contributed by atoms with Crippen molar-refractivity contribution in [2.24, 2.45) is 0 Å². The van der Waals surface area contributed by atoms with E-state index in [1.165, 1.54) is 33.8 Å². The highest BCUT2D eigenvalue weighted by molar-refractivity contribution is 6.17. The smallest absolute Gasteiger partial charge is 0.253 e. The maximum atomic E-state index is 13.5. The third-order valence-electron chi connectivity index (χ3n) is 8.07. The Bertz CT molecular complexity index is 1450. The Morgan fingerprint density at radius 1 is 0.872 bits per heavy atom. The minimum absolute atomic E-state index is 0.0971. The topological polar surface area (TPSA) is 28.5 Å². The Morgan fingerprint density at radius 3 is 2.38 bits per heavy atom. The lowest BCUT2D eigenvalue weighted by molar-refractivity contribution is 0.0638. The molecule has 5 rings (SSSR count). The van der Waals surface area contributed by atoms with Crippen LogP contribution in [0.15, 0.2) is 66.7 Å². The minimum Gasteiger partial charge on any atom is -0.345 e. The number of piperazine rings is 1. The van der Waals surface area contributed by atoms with Crippen molar-refractivity contribution in [2.75, 3.05) is 38.6 Å². The van der Waals surface area contributed by atoms with E-state index >= 15 is 0 Å². The number of hydrogen-bond donors (Lipinski definition) is 0. The first-order valence-corrected chi connectivity index (χ1v) is 14.5. The van der Waals surface area contributed by atoms with Crippen molar-refractivity contribution in [1.82, 2.24) is 14.4 Å². The van der Waals surface area contributed by atoms with Crippen molar-refractivity contribution in [3.8, 4) is 0 Å². The summed E-state index contributed by atoms with van der Waals surface area (Å²) in [5, 5.41) is 1.29. The average molecular weight is 546 g/mol. The third-order valence-corrected chi connectivity index (χ3v) is 8.33. The highest BCUT2D eigenvalue weighted by Crippen LogP contribution is 2.28. The zero-order valence-corrected chi connectivity index (χ0v) is 23.7. The molecule has 6 heteroatoms. The Morgan fingerprint density at radius 2 is 1.62 bits per heavy atom. The number of rotatable bonds is 9. The SMILES string of the molecule is Cc1c(C)n(CCCCl)c2ccc(Cc3cccc(C(=O)N4CCN(CCc5cccc(F)c5)CC4)c3)cc12. The van der Waals surface area contributed by atoms with E-state index in [1.807, 2.05) is 29.2 Å². The zero-order valence-electron chi connectivity index (χ0n) is 22.9. The summed E-state index contributed by atoms with van der Waals surface area (Å²) in [4.78, 5) is 17.6. The summed E-state index contributed by atoms with van der Waals surface area (Å²) in [6, 6.07) is 21.6. The summed E-state index contributed by atoms with van der Waals surface area (Å²) in [6.07, 6.45) is 2.56. The van der Waals surface area contributed by atoms with Gasteiger partial charge in [0.15, 0.2) is 0 Å². The van der Waals surface area contributed by atoms with E-state index in [9.17, 15) is 9.18 Å². The van der Waals surface area contributed by atoms with Crippen LogP contribution >= 0.6 is 11.6 Å².